The van der Waals surface area contributed by atoms with Crippen molar-refractivity contribution in [2.24, 2.45) is 17.1 Å². The number of nitrogens with two attached hydrogens (primary N) is 1. The summed E-state index contributed by atoms with van der Waals surface area (Å²) in [6.45, 7) is 3.86. The summed E-state index contributed by atoms with van der Waals surface area (Å²) in [4.78, 5) is 15.0. The second-order valence-electron chi connectivity index (χ2n) is 8.59. The first-order valence-corrected chi connectivity index (χ1v) is 10.5. The number of aliphatic hydroxyl groups excluding tert-OH is 1. The van der Waals surface area contributed by atoms with Gasteiger partial charge in [0.2, 0.25) is 5.91 Å². The topological polar surface area (TPSA) is 78.6 Å². The Morgan fingerprint density at radius 3 is 2.48 bits per heavy atom. The molecule has 0 spiro atoms. The maximum Gasteiger partial charge on any atom is 0.224 e. The van der Waals surface area contributed by atoms with Gasteiger partial charge in [-0.25, -0.2) is 0 Å². The van der Waals surface area contributed by atoms with Crippen molar-refractivity contribution in [1.82, 2.24) is 4.90 Å². The number of benzene rings is 1. The first-order chi connectivity index (χ1) is 13.1. The van der Waals surface area contributed by atoms with Gasteiger partial charge in [-0.15, -0.1) is 24.8 Å². The molecule has 0 radical (unpaired) electrons. The molecular formula is C22H37Cl2N3O2. The van der Waals surface area contributed by atoms with Gasteiger partial charge in [-0.1, -0.05) is 31.4 Å². The van der Waals surface area contributed by atoms with Gasteiger partial charge in [0, 0.05) is 25.3 Å². The number of hydrogen-bond acceptors (Lipinski definition) is 4. The number of nitrogens with zero attached hydrogens (tertiary/aromatic N) is 1. The van der Waals surface area contributed by atoms with Gasteiger partial charge in [-0.2, -0.15) is 0 Å². The van der Waals surface area contributed by atoms with Crippen LogP contribution < -0.4 is 11.1 Å². The Labute approximate surface area is 187 Å². The summed E-state index contributed by atoms with van der Waals surface area (Å²) in [5, 5.41) is 12.4. The Balaban J connectivity index is 0.00000210. The number of carbonyl (C=O) groups excluding carboxylic acids is 1. The predicted octanol–water partition coefficient (Wildman–Crippen LogP) is 3.97. The Morgan fingerprint density at radius 1 is 1.17 bits per heavy atom. The molecular weight excluding hydrogens is 409 g/mol. The van der Waals surface area contributed by atoms with Gasteiger partial charge >= 0.3 is 0 Å². The van der Waals surface area contributed by atoms with Crippen molar-refractivity contribution in [3.63, 3.8) is 0 Å². The summed E-state index contributed by atoms with van der Waals surface area (Å²) in [6, 6.07) is 8.20. The minimum atomic E-state index is -0.00298. The summed E-state index contributed by atoms with van der Waals surface area (Å²) in [6.07, 6.45) is 8.44. The van der Waals surface area contributed by atoms with Crippen LogP contribution >= 0.6 is 24.8 Å². The zero-order valence-electron chi connectivity index (χ0n) is 17.3. The van der Waals surface area contributed by atoms with E-state index in [0.717, 1.165) is 51.0 Å². The monoisotopic (exact) mass is 445 g/mol. The number of anilines is 1. The fraction of sp³-hybridized carbons (Fsp3) is 0.682. The molecule has 29 heavy (non-hydrogen) atoms. The van der Waals surface area contributed by atoms with Crippen molar-refractivity contribution < 1.29 is 9.90 Å². The lowest BCUT2D eigenvalue weighted by Gasteiger charge is -2.35. The first kappa shape index (κ1) is 26.2. The number of aliphatic hydroxyl groups is 1. The largest absolute Gasteiger partial charge is 0.396 e. The zero-order valence-corrected chi connectivity index (χ0v) is 18.9. The van der Waals surface area contributed by atoms with Gasteiger partial charge in [0.15, 0.2) is 0 Å². The fourth-order valence-corrected chi connectivity index (χ4v) is 4.63. The standard InChI is InChI=1S/C22H35N3O2.2ClH/c23-17-22(9-2-1-3-10-22)14-21(27)24-20-6-4-5-19(13-20)15-25-11-7-18(16-26)8-12-25;;/h4-6,13,18,26H,1-3,7-12,14-17,23H2,(H,24,27);2*1H. The maximum atomic E-state index is 12.6. The lowest BCUT2D eigenvalue weighted by molar-refractivity contribution is -0.118. The second-order valence-corrected chi connectivity index (χ2v) is 8.59. The number of piperidine rings is 1. The molecule has 4 N–H and O–H groups in total. The van der Waals surface area contributed by atoms with Gasteiger partial charge in [-0.3, -0.25) is 9.69 Å². The molecule has 1 aromatic carbocycles. The zero-order chi connectivity index (χ0) is 19.1. The molecule has 1 heterocycles. The highest BCUT2D eigenvalue weighted by Gasteiger charge is 2.33. The molecule has 1 saturated carbocycles. The Bertz CT molecular complexity index is 616. The molecule has 1 amide bonds. The summed E-state index contributed by atoms with van der Waals surface area (Å²) in [7, 11) is 0. The van der Waals surface area contributed by atoms with Crippen LogP contribution in [0.3, 0.4) is 0 Å². The Kier molecular flexibility index (Phi) is 11.5. The summed E-state index contributed by atoms with van der Waals surface area (Å²) in [5.41, 5.74) is 8.13. The third-order valence-corrected chi connectivity index (χ3v) is 6.47. The smallest absolute Gasteiger partial charge is 0.224 e. The highest BCUT2D eigenvalue weighted by molar-refractivity contribution is 5.91. The van der Waals surface area contributed by atoms with Crippen molar-refractivity contribution in [2.75, 3.05) is 31.6 Å². The average Bonchev–Trinajstić information content (AvgIpc) is 2.69. The quantitative estimate of drug-likeness (QED) is 0.592. The van der Waals surface area contributed by atoms with Crippen LogP contribution in [-0.4, -0.2) is 42.2 Å². The van der Waals surface area contributed by atoms with E-state index < -0.39 is 0 Å². The number of halogens is 2. The number of nitrogens with one attached hydrogen (secondary N) is 1. The molecule has 1 saturated heterocycles. The predicted molar refractivity (Wildman–Crippen MR) is 124 cm³/mol. The molecule has 0 atom stereocenters. The SMILES string of the molecule is Cl.Cl.NCC1(CC(=O)Nc2cccc(CN3CCC(CO)CC3)c2)CCCCC1. The van der Waals surface area contributed by atoms with Crippen molar-refractivity contribution >= 4 is 36.4 Å². The molecule has 1 aromatic rings. The van der Waals surface area contributed by atoms with E-state index in [1.807, 2.05) is 12.1 Å². The van der Waals surface area contributed by atoms with E-state index in [1.54, 1.807) is 0 Å². The number of carbonyl (C=O) groups is 1. The molecule has 2 fully saturated rings. The molecule has 1 aliphatic heterocycles. The van der Waals surface area contributed by atoms with E-state index >= 15 is 0 Å². The molecule has 0 bridgehead atoms. The molecule has 3 rings (SSSR count). The minimum Gasteiger partial charge on any atom is -0.396 e. The van der Waals surface area contributed by atoms with Crippen LogP contribution in [0.2, 0.25) is 0 Å². The van der Waals surface area contributed by atoms with Crippen LogP contribution in [0.4, 0.5) is 5.69 Å². The van der Waals surface area contributed by atoms with Crippen LogP contribution in [0, 0.1) is 11.3 Å². The summed E-state index contributed by atoms with van der Waals surface area (Å²) in [5.74, 6) is 0.546. The third-order valence-electron chi connectivity index (χ3n) is 6.47. The Hall–Kier alpha value is -0.850. The van der Waals surface area contributed by atoms with Crippen molar-refractivity contribution in [3.8, 4) is 0 Å². The van der Waals surface area contributed by atoms with E-state index in [0.29, 0.717) is 25.5 Å². The van der Waals surface area contributed by atoms with Crippen molar-refractivity contribution in [2.45, 2.75) is 57.9 Å². The molecule has 5 nitrogen and oxygen atoms in total. The van der Waals surface area contributed by atoms with Crippen LogP contribution in [0.5, 0.6) is 0 Å². The van der Waals surface area contributed by atoms with Gasteiger partial charge in [0.05, 0.1) is 0 Å². The van der Waals surface area contributed by atoms with Crippen LogP contribution in [0.15, 0.2) is 24.3 Å². The minimum absolute atomic E-state index is 0. The lowest BCUT2D eigenvalue weighted by Crippen LogP contribution is -2.36. The molecule has 1 aliphatic carbocycles. The molecule has 166 valence electrons. The third kappa shape index (κ3) is 7.72. The molecule has 2 aliphatic rings. The molecule has 0 aromatic heterocycles. The molecule has 0 unspecified atom stereocenters. The number of likely N-dealkylation sites (tertiary alicyclic amines) is 1. The van der Waals surface area contributed by atoms with E-state index in [-0.39, 0.29) is 36.1 Å². The normalized spacial score (nSPS) is 19.7. The fourth-order valence-electron chi connectivity index (χ4n) is 4.63. The van der Waals surface area contributed by atoms with Gasteiger partial charge in [0.1, 0.15) is 0 Å². The summed E-state index contributed by atoms with van der Waals surface area (Å²) < 4.78 is 0. The highest BCUT2D eigenvalue weighted by Crippen LogP contribution is 2.38. The lowest BCUT2D eigenvalue weighted by atomic mass is 9.71. The number of hydrogen-bond donors (Lipinski definition) is 3. The number of rotatable bonds is 7. The van der Waals surface area contributed by atoms with Crippen LogP contribution in [0.1, 0.15) is 56.9 Å². The average molecular weight is 446 g/mol. The van der Waals surface area contributed by atoms with Gasteiger partial charge in [0.25, 0.3) is 0 Å². The van der Waals surface area contributed by atoms with Crippen molar-refractivity contribution in [1.29, 1.82) is 0 Å². The number of amides is 1. The second kappa shape index (κ2) is 12.8. The van der Waals surface area contributed by atoms with E-state index in [2.05, 4.69) is 22.3 Å². The van der Waals surface area contributed by atoms with E-state index in [9.17, 15) is 9.90 Å². The van der Waals surface area contributed by atoms with Crippen LogP contribution in [0.25, 0.3) is 0 Å². The first-order valence-electron chi connectivity index (χ1n) is 10.5. The van der Waals surface area contributed by atoms with E-state index in [4.69, 9.17) is 5.73 Å². The molecule has 7 heteroatoms. The maximum absolute atomic E-state index is 12.6. The van der Waals surface area contributed by atoms with Gasteiger partial charge in [-0.05, 0) is 74.3 Å². The van der Waals surface area contributed by atoms with E-state index in [1.165, 1.54) is 24.8 Å². The Morgan fingerprint density at radius 2 is 1.86 bits per heavy atom. The highest BCUT2D eigenvalue weighted by atomic mass is 35.5. The van der Waals surface area contributed by atoms with Crippen LogP contribution in [-0.2, 0) is 11.3 Å². The van der Waals surface area contributed by atoms with Gasteiger partial charge < -0.3 is 16.2 Å². The summed E-state index contributed by atoms with van der Waals surface area (Å²) >= 11 is 0. The van der Waals surface area contributed by atoms with Crippen molar-refractivity contribution in [3.05, 3.63) is 29.8 Å².